The van der Waals surface area contributed by atoms with Gasteiger partial charge in [0, 0.05) is 12.6 Å². The normalized spacial score (nSPS) is 22.9. The van der Waals surface area contributed by atoms with E-state index < -0.39 is 0 Å². The highest BCUT2D eigenvalue weighted by Gasteiger charge is 2.18. The van der Waals surface area contributed by atoms with Crippen molar-refractivity contribution in [2.75, 3.05) is 12.3 Å². The molecule has 15 heavy (non-hydrogen) atoms. The van der Waals surface area contributed by atoms with Gasteiger partial charge in [0.2, 0.25) is 0 Å². The second-order valence-electron chi connectivity index (χ2n) is 4.40. The van der Waals surface area contributed by atoms with E-state index in [0.29, 0.717) is 6.04 Å². The monoisotopic (exact) mass is 205 g/mol. The summed E-state index contributed by atoms with van der Waals surface area (Å²) in [5.41, 5.74) is 7.48. The predicted octanol–water partition coefficient (Wildman–Crippen LogP) is 2.04. The van der Waals surface area contributed by atoms with Gasteiger partial charge in [0.05, 0.1) is 17.6 Å². The summed E-state index contributed by atoms with van der Waals surface area (Å²) in [6.45, 7) is 4.46. The Kier molecular flexibility index (Phi) is 3.21. The lowest BCUT2D eigenvalue weighted by atomic mass is 10.0. The molecule has 1 aromatic rings. The third-order valence-electron chi connectivity index (χ3n) is 3.15. The van der Waals surface area contributed by atoms with Gasteiger partial charge in [-0.2, -0.15) is 0 Å². The summed E-state index contributed by atoms with van der Waals surface area (Å²) in [5, 5.41) is 0. The summed E-state index contributed by atoms with van der Waals surface area (Å²) in [4.78, 5) is 6.84. The molecule has 1 atom stereocenters. The molecule has 82 valence electrons. The molecule has 1 saturated heterocycles. The molecule has 1 unspecified atom stereocenters. The molecule has 0 aromatic carbocycles. The number of nitrogens with zero attached hydrogens (tertiary/aromatic N) is 2. The van der Waals surface area contributed by atoms with E-state index in [9.17, 15) is 0 Å². The van der Waals surface area contributed by atoms with Crippen molar-refractivity contribution in [3.8, 4) is 0 Å². The van der Waals surface area contributed by atoms with E-state index in [-0.39, 0.29) is 0 Å². The number of likely N-dealkylation sites (tertiary alicyclic amines) is 1. The topological polar surface area (TPSA) is 42.1 Å². The van der Waals surface area contributed by atoms with Gasteiger partial charge < -0.3 is 5.73 Å². The highest BCUT2D eigenvalue weighted by Crippen LogP contribution is 2.18. The second-order valence-corrected chi connectivity index (χ2v) is 4.40. The van der Waals surface area contributed by atoms with Crippen molar-refractivity contribution in [2.24, 2.45) is 0 Å². The molecule has 0 aliphatic carbocycles. The quantitative estimate of drug-likeness (QED) is 0.803. The van der Waals surface area contributed by atoms with Crippen molar-refractivity contribution in [2.45, 2.75) is 38.8 Å². The Morgan fingerprint density at radius 2 is 2.33 bits per heavy atom. The lowest BCUT2D eigenvalue weighted by Gasteiger charge is -2.32. The summed E-state index contributed by atoms with van der Waals surface area (Å²) < 4.78 is 0. The van der Waals surface area contributed by atoms with Crippen LogP contribution in [0, 0.1) is 0 Å². The number of nitrogens with two attached hydrogens (primary N) is 1. The molecule has 0 amide bonds. The van der Waals surface area contributed by atoms with E-state index in [0.717, 1.165) is 17.9 Å². The number of nitrogen functional groups attached to an aromatic ring is 1. The molecular formula is C12H19N3. The summed E-state index contributed by atoms with van der Waals surface area (Å²) in [7, 11) is 0. The van der Waals surface area contributed by atoms with Gasteiger partial charge in [0.15, 0.2) is 0 Å². The Morgan fingerprint density at radius 1 is 1.47 bits per heavy atom. The fourth-order valence-corrected chi connectivity index (χ4v) is 2.13. The number of pyridine rings is 1. The summed E-state index contributed by atoms with van der Waals surface area (Å²) in [5.74, 6) is 0. The van der Waals surface area contributed by atoms with Crippen LogP contribution in [0.3, 0.4) is 0 Å². The van der Waals surface area contributed by atoms with Crippen LogP contribution in [0.15, 0.2) is 18.3 Å². The van der Waals surface area contributed by atoms with Crippen LogP contribution in [0.1, 0.15) is 31.9 Å². The van der Waals surface area contributed by atoms with Crippen LogP contribution < -0.4 is 5.73 Å². The Hall–Kier alpha value is -1.09. The average Bonchev–Trinajstić information content (AvgIpc) is 2.25. The molecule has 3 nitrogen and oxygen atoms in total. The molecule has 2 heterocycles. The van der Waals surface area contributed by atoms with Gasteiger partial charge in [0.1, 0.15) is 0 Å². The van der Waals surface area contributed by atoms with Crippen molar-refractivity contribution < 1.29 is 0 Å². The van der Waals surface area contributed by atoms with Crippen LogP contribution in [0.25, 0.3) is 0 Å². The maximum absolute atomic E-state index is 5.61. The largest absolute Gasteiger partial charge is 0.397 e. The van der Waals surface area contributed by atoms with Crippen LogP contribution in [0.4, 0.5) is 5.69 Å². The van der Waals surface area contributed by atoms with Crippen molar-refractivity contribution in [1.29, 1.82) is 0 Å². The molecule has 2 N–H and O–H groups in total. The highest BCUT2D eigenvalue weighted by molar-refractivity contribution is 5.34. The fraction of sp³-hybridized carbons (Fsp3) is 0.583. The molecule has 0 radical (unpaired) electrons. The molecule has 2 rings (SSSR count). The van der Waals surface area contributed by atoms with Crippen molar-refractivity contribution in [3.63, 3.8) is 0 Å². The van der Waals surface area contributed by atoms with Gasteiger partial charge in [-0.3, -0.25) is 9.88 Å². The van der Waals surface area contributed by atoms with E-state index in [1.54, 1.807) is 6.20 Å². The molecule has 0 bridgehead atoms. The molecule has 1 aromatic heterocycles. The van der Waals surface area contributed by atoms with E-state index in [1.165, 1.54) is 25.8 Å². The highest BCUT2D eigenvalue weighted by atomic mass is 15.2. The van der Waals surface area contributed by atoms with Crippen molar-refractivity contribution in [1.82, 2.24) is 9.88 Å². The number of rotatable bonds is 2. The summed E-state index contributed by atoms with van der Waals surface area (Å²) in [6, 6.07) is 4.64. The van der Waals surface area contributed by atoms with Crippen LogP contribution in [0.2, 0.25) is 0 Å². The second kappa shape index (κ2) is 4.62. The molecule has 0 saturated carbocycles. The molecule has 1 aliphatic heterocycles. The molecule has 0 spiro atoms. The standard InChI is InChI=1S/C12H19N3/c1-10-4-2-3-7-15(10)9-12-6-5-11(13)8-14-12/h5-6,8,10H,2-4,7,9,13H2,1H3. The third-order valence-corrected chi connectivity index (χ3v) is 3.15. The first-order valence-electron chi connectivity index (χ1n) is 5.70. The third kappa shape index (κ3) is 2.69. The minimum absolute atomic E-state index is 0.693. The van der Waals surface area contributed by atoms with Crippen LogP contribution >= 0.6 is 0 Å². The zero-order chi connectivity index (χ0) is 10.7. The van der Waals surface area contributed by atoms with E-state index in [1.807, 2.05) is 12.1 Å². The fourth-order valence-electron chi connectivity index (χ4n) is 2.13. The number of aromatic nitrogens is 1. The lowest BCUT2D eigenvalue weighted by molar-refractivity contribution is 0.151. The van der Waals surface area contributed by atoms with Gasteiger partial charge in [0.25, 0.3) is 0 Å². The van der Waals surface area contributed by atoms with Gasteiger partial charge in [-0.15, -0.1) is 0 Å². The molecule has 1 fully saturated rings. The minimum Gasteiger partial charge on any atom is -0.397 e. The zero-order valence-corrected chi connectivity index (χ0v) is 9.32. The van der Waals surface area contributed by atoms with Crippen molar-refractivity contribution in [3.05, 3.63) is 24.0 Å². The van der Waals surface area contributed by atoms with Gasteiger partial charge >= 0.3 is 0 Å². The molecule has 1 aliphatic rings. The lowest BCUT2D eigenvalue weighted by Crippen LogP contribution is -2.36. The number of hydrogen-bond donors (Lipinski definition) is 1. The first-order chi connectivity index (χ1) is 7.25. The first-order valence-corrected chi connectivity index (χ1v) is 5.70. The maximum Gasteiger partial charge on any atom is 0.0545 e. The summed E-state index contributed by atoms with van der Waals surface area (Å²) >= 11 is 0. The van der Waals surface area contributed by atoms with Gasteiger partial charge in [-0.25, -0.2) is 0 Å². The van der Waals surface area contributed by atoms with Crippen molar-refractivity contribution >= 4 is 5.69 Å². The van der Waals surface area contributed by atoms with E-state index in [4.69, 9.17) is 5.73 Å². The Bertz CT molecular complexity index is 307. The first kappa shape index (κ1) is 10.4. The van der Waals surface area contributed by atoms with E-state index >= 15 is 0 Å². The zero-order valence-electron chi connectivity index (χ0n) is 9.32. The van der Waals surface area contributed by atoms with E-state index in [2.05, 4.69) is 16.8 Å². The number of hydrogen-bond acceptors (Lipinski definition) is 3. The Labute approximate surface area is 91.3 Å². The Morgan fingerprint density at radius 3 is 3.00 bits per heavy atom. The van der Waals surface area contributed by atoms with Crippen LogP contribution in [0.5, 0.6) is 0 Å². The summed E-state index contributed by atoms with van der Waals surface area (Å²) in [6.07, 6.45) is 5.74. The van der Waals surface area contributed by atoms with Gasteiger partial charge in [-0.05, 0) is 38.4 Å². The molecular weight excluding hydrogens is 186 g/mol. The molecule has 3 heteroatoms. The Balaban J connectivity index is 1.98. The SMILES string of the molecule is CC1CCCCN1Cc1ccc(N)cn1. The predicted molar refractivity (Wildman–Crippen MR) is 62.4 cm³/mol. The van der Waals surface area contributed by atoms with Crippen LogP contribution in [-0.2, 0) is 6.54 Å². The average molecular weight is 205 g/mol. The van der Waals surface area contributed by atoms with Gasteiger partial charge in [-0.1, -0.05) is 6.42 Å². The maximum atomic E-state index is 5.61. The smallest absolute Gasteiger partial charge is 0.0545 e. The number of anilines is 1. The number of piperidine rings is 1. The minimum atomic E-state index is 0.693. The van der Waals surface area contributed by atoms with Crippen LogP contribution in [-0.4, -0.2) is 22.5 Å².